The van der Waals surface area contributed by atoms with Crippen LogP contribution in [0.2, 0.25) is 0 Å². The highest BCUT2D eigenvalue weighted by atomic mass is 19.4. The van der Waals surface area contributed by atoms with Gasteiger partial charge in [-0.15, -0.1) is 0 Å². The molecule has 0 unspecified atom stereocenters. The summed E-state index contributed by atoms with van der Waals surface area (Å²) in [6.07, 6.45) is 2.29. The van der Waals surface area contributed by atoms with E-state index in [1.54, 1.807) is 12.4 Å². The van der Waals surface area contributed by atoms with E-state index < -0.39 is 11.9 Å². The van der Waals surface area contributed by atoms with Gasteiger partial charge in [0.15, 0.2) is 5.69 Å². The molecule has 106 valence electrons. The first-order valence-corrected chi connectivity index (χ1v) is 6.20. The van der Waals surface area contributed by atoms with E-state index in [-0.39, 0.29) is 5.95 Å². The zero-order valence-electron chi connectivity index (χ0n) is 10.4. The van der Waals surface area contributed by atoms with Crippen molar-refractivity contribution in [3.05, 3.63) is 35.9 Å². The molecule has 1 fully saturated rings. The minimum atomic E-state index is -4.46. The number of hydrogen-bond donors (Lipinski definition) is 1. The first kappa shape index (κ1) is 13.0. The number of halogens is 3. The van der Waals surface area contributed by atoms with Crippen molar-refractivity contribution in [2.45, 2.75) is 31.6 Å². The molecule has 0 aromatic carbocycles. The Balaban J connectivity index is 1.71. The van der Waals surface area contributed by atoms with E-state index in [2.05, 4.69) is 20.4 Å². The minimum absolute atomic E-state index is 0.121. The fourth-order valence-corrected chi connectivity index (χ4v) is 1.69. The molecule has 1 aliphatic rings. The summed E-state index contributed by atoms with van der Waals surface area (Å²) in [6, 6.07) is 1.47. The largest absolute Gasteiger partial charge is 0.435 e. The van der Waals surface area contributed by atoms with E-state index in [4.69, 9.17) is 0 Å². The Kier molecular flexibility index (Phi) is 3.17. The van der Waals surface area contributed by atoms with Crippen LogP contribution < -0.4 is 5.32 Å². The highest BCUT2D eigenvalue weighted by Gasteiger charge is 2.33. The van der Waals surface area contributed by atoms with Crippen LogP contribution in [0.25, 0.3) is 5.95 Å². The summed E-state index contributed by atoms with van der Waals surface area (Å²) in [5, 5.41) is 6.72. The summed E-state index contributed by atoms with van der Waals surface area (Å²) in [5.74, 6) is 0.121. The molecule has 2 aromatic heterocycles. The second-order valence-corrected chi connectivity index (χ2v) is 4.69. The maximum Gasteiger partial charge on any atom is 0.435 e. The van der Waals surface area contributed by atoms with Gasteiger partial charge in [-0.1, -0.05) is 0 Å². The monoisotopic (exact) mass is 283 g/mol. The first-order valence-electron chi connectivity index (χ1n) is 6.20. The maximum atomic E-state index is 12.4. The summed E-state index contributed by atoms with van der Waals surface area (Å²) in [5.41, 5.74) is -0.0653. The standard InChI is InChI=1S/C12H12F3N5/c13-12(14,15)10-3-4-20(19-10)11-17-6-8(7-18-11)5-16-9-1-2-9/h3-4,6-7,9,16H,1-2,5H2. The second-order valence-electron chi connectivity index (χ2n) is 4.69. The molecule has 2 aromatic rings. The summed E-state index contributed by atoms with van der Waals surface area (Å²) < 4.78 is 38.3. The maximum absolute atomic E-state index is 12.4. The minimum Gasteiger partial charge on any atom is -0.310 e. The zero-order valence-corrected chi connectivity index (χ0v) is 10.4. The average molecular weight is 283 g/mol. The molecule has 0 amide bonds. The lowest BCUT2D eigenvalue weighted by Crippen LogP contribution is -2.16. The van der Waals surface area contributed by atoms with Gasteiger partial charge < -0.3 is 5.32 Å². The molecule has 0 spiro atoms. The number of aromatic nitrogens is 4. The predicted octanol–water partition coefficient (Wildman–Crippen LogP) is 1.93. The molecule has 3 rings (SSSR count). The summed E-state index contributed by atoms with van der Waals surface area (Å²) in [6.45, 7) is 0.665. The second kappa shape index (κ2) is 4.86. The van der Waals surface area contributed by atoms with Crippen LogP contribution in [0.3, 0.4) is 0 Å². The highest BCUT2D eigenvalue weighted by Crippen LogP contribution is 2.27. The van der Waals surface area contributed by atoms with E-state index in [0.717, 1.165) is 16.3 Å². The number of nitrogens with one attached hydrogen (secondary N) is 1. The van der Waals surface area contributed by atoms with Gasteiger partial charge in [0.05, 0.1) is 0 Å². The molecule has 0 saturated heterocycles. The fourth-order valence-electron chi connectivity index (χ4n) is 1.69. The van der Waals surface area contributed by atoms with Crippen LogP contribution in [-0.4, -0.2) is 25.8 Å². The Morgan fingerprint density at radius 3 is 2.50 bits per heavy atom. The molecule has 0 atom stereocenters. The summed E-state index contributed by atoms with van der Waals surface area (Å²) in [4.78, 5) is 8.05. The van der Waals surface area contributed by atoms with Crippen molar-refractivity contribution in [3.8, 4) is 5.95 Å². The van der Waals surface area contributed by atoms with Crippen LogP contribution in [0.15, 0.2) is 24.7 Å². The number of hydrogen-bond acceptors (Lipinski definition) is 4. The van der Waals surface area contributed by atoms with Gasteiger partial charge in [-0.05, 0) is 18.9 Å². The third-order valence-corrected chi connectivity index (χ3v) is 2.95. The number of alkyl halides is 3. The van der Waals surface area contributed by atoms with Crippen LogP contribution in [0.5, 0.6) is 0 Å². The molecule has 2 heterocycles. The lowest BCUT2D eigenvalue weighted by Gasteiger charge is -2.04. The van der Waals surface area contributed by atoms with E-state index in [9.17, 15) is 13.2 Å². The van der Waals surface area contributed by atoms with Crippen molar-refractivity contribution >= 4 is 0 Å². The number of rotatable bonds is 4. The van der Waals surface area contributed by atoms with E-state index in [1.807, 2.05) is 0 Å². The molecule has 1 aliphatic carbocycles. The zero-order chi connectivity index (χ0) is 14.2. The van der Waals surface area contributed by atoms with Crippen LogP contribution >= 0.6 is 0 Å². The Hall–Kier alpha value is -1.96. The van der Waals surface area contributed by atoms with E-state index in [1.165, 1.54) is 19.0 Å². The first-order chi connectivity index (χ1) is 9.52. The molecule has 0 bridgehead atoms. The lowest BCUT2D eigenvalue weighted by atomic mass is 10.3. The summed E-state index contributed by atoms with van der Waals surface area (Å²) in [7, 11) is 0. The molecule has 8 heteroatoms. The smallest absolute Gasteiger partial charge is 0.310 e. The van der Waals surface area contributed by atoms with Crippen LogP contribution in [0.1, 0.15) is 24.1 Å². The van der Waals surface area contributed by atoms with Crippen molar-refractivity contribution in [2.75, 3.05) is 0 Å². The normalized spacial score (nSPS) is 15.6. The van der Waals surface area contributed by atoms with Crippen LogP contribution in [0.4, 0.5) is 13.2 Å². The SMILES string of the molecule is FC(F)(F)c1ccn(-c2ncc(CNC3CC3)cn2)n1. The van der Waals surface area contributed by atoms with E-state index in [0.29, 0.717) is 12.6 Å². The van der Waals surface area contributed by atoms with Gasteiger partial charge in [-0.2, -0.15) is 18.3 Å². The summed E-state index contributed by atoms with van der Waals surface area (Å²) >= 11 is 0. The predicted molar refractivity (Wildman–Crippen MR) is 64.0 cm³/mol. The van der Waals surface area contributed by atoms with Crippen molar-refractivity contribution in [3.63, 3.8) is 0 Å². The van der Waals surface area contributed by atoms with Crippen molar-refractivity contribution in [2.24, 2.45) is 0 Å². The van der Waals surface area contributed by atoms with Gasteiger partial charge in [-0.25, -0.2) is 14.6 Å². The van der Waals surface area contributed by atoms with Gasteiger partial charge >= 0.3 is 6.18 Å². The van der Waals surface area contributed by atoms with E-state index >= 15 is 0 Å². The van der Waals surface area contributed by atoms with Crippen molar-refractivity contribution in [1.82, 2.24) is 25.1 Å². The quantitative estimate of drug-likeness (QED) is 0.931. The molecule has 0 radical (unpaired) electrons. The third-order valence-electron chi connectivity index (χ3n) is 2.95. The average Bonchev–Trinajstić information content (AvgIpc) is 3.09. The molecule has 1 N–H and O–H groups in total. The van der Waals surface area contributed by atoms with Gasteiger partial charge in [-0.3, -0.25) is 0 Å². The fraction of sp³-hybridized carbons (Fsp3) is 0.417. The highest BCUT2D eigenvalue weighted by molar-refractivity contribution is 5.16. The third kappa shape index (κ3) is 2.96. The lowest BCUT2D eigenvalue weighted by molar-refractivity contribution is -0.141. The van der Waals surface area contributed by atoms with Crippen LogP contribution in [-0.2, 0) is 12.7 Å². The molecule has 1 saturated carbocycles. The Bertz CT molecular complexity index is 586. The van der Waals surface area contributed by atoms with Gasteiger partial charge in [0.1, 0.15) is 0 Å². The molecular formula is C12H12F3N5. The number of nitrogens with zero attached hydrogens (tertiary/aromatic N) is 4. The van der Waals surface area contributed by atoms with Crippen molar-refractivity contribution < 1.29 is 13.2 Å². The molecule has 0 aliphatic heterocycles. The Morgan fingerprint density at radius 2 is 1.95 bits per heavy atom. The van der Waals surface area contributed by atoms with Crippen molar-refractivity contribution in [1.29, 1.82) is 0 Å². The van der Waals surface area contributed by atoms with Gasteiger partial charge in [0.25, 0.3) is 0 Å². The topological polar surface area (TPSA) is 55.6 Å². The van der Waals surface area contributed by atoms with Crippen LogP contribution in [0, 0.1) is 0 Å². The Morgan fingerprint density at radius 1 is 1.25 bits per heavy atom. The molecule has 20 heavy (non-hydrogen) atoms. The van der Waals surface area contributed by atoms with Gasteiger partial charge in [0, 0.05) is 36.7 Å². The molecular weight excluding hydrogens is 271 g/mol. The van der Waals surface area contributed by atoms with Gasteiger partial charge in [0.2, 0.25) is 5.95 Å². The molecule has 5 nitrogen and oxygen atoms in total. The Labute approximate surface area is 112 Å².